The summed E-state index contributed by atoms with van der Waals surface area (Å²) in [6.45, 7) is 28.0. The van der Waals surface area contributed by atoms with E-state index in [0.717, 1.165) is 48.7 Å². The summed E-state index contributed by atoms with van der Waals surface area (Å²) in [4.78, 5) is 0. The van der Waals surface area contributed by atoms with E-state index in [9.17, 15) is 0 Å². The summed E-state index contributed by atoms with van der Waals surface area (Å²) in [7, 11) is 0. The van der Waals surface area contributed by atoms with Crippen LogP contribution in [0, 0.1) is 41.5 Å². The quantitative estimate of drug-likeness (QED) is 0.128. The standard InChI is InChI=1S/2C26H27O.C2H6Si.2ClH.Zr/c2*1-6-19-11-20(7-2)13-23(12-19)26-18(5)16(3)10-21-14-22(15-24(21)26)25-9-8-17(4)27-25;1-3-2;;;/h2*8-15H,6-7H2,1-5H3;1-2H3;2*1H;. The Bertz CT molecular complexity index is 2490. The molecule has 312 valence electrons. The molecule has 8 rings (SSSR count). The molecule has 0 radical (unpaired) electrons. The van der Waals surface area contributed by atoms with Crippen molar-refractivity contribution in [3.05, 3.63) is 163 Å². The first-order chi connectivity index (χ1) is 27.8. The van der Waals surface area contributed by atoms with Gasteiger partial charge in [0.2, 0.25) is 0 Å². The van der Waals surface area contributed by atoms with Crippen molar-refractivity contribution >= 4 is 53.5 Å². The summed E-state index contributed by atoms with van der Waals surface area (Å²) in [5.74, 6) is 4.03. The van der Waals surface area contributed by atoms with Gasteiger partial charge in [-0.15, -0.1) is 24.8 Å². The van der Waals surface area contributed by atoms with Crippen LogP contribution in [-0.4, -0.2) is 5.43 Å². The zero-order chi connectivity index (χ0) is 41.2. The maximum absolute atomic E-state index is 6.68. The van der Waals surface area contributed by atoms with Crippen LogP contribution in [0.1, 0.15) is 125 Å². The second-order valence-corrected chi connectivity index (χ2v) is 35.1. The van der Waals surface area contributed by atoms with Gasteiger partial charge in [0.15, 0.2) is 0 Å². The van der Waals surface area contributed by atoms with Crippen molar-refractivity contribution < 1.29 is 29.2 Å². The van der Waals surface area contributed by atoms with Gasteiger partial charge in [0.25, 0.3) is 0 Å². The maximum Gasteiger partial charge on any atom is -0.147 e. The molecule has 4 aromatic carbocycles. The third kappa shape index (κ3) is 8.17. The number of fused-ring (bicyclic) bond motifs is 2. The van der Waals surface area contributed by atoms with Gasteiger partial charge >= 0.3 is 358 Å². The Labute approximate surface area is 380 Å². The molecular weight excluding hydrogens is 871 g/mol. The molecule has 6 aromatic rings. The molecule has 2 heterocycles. The van der Waals surface area contributed by atoms with Gasteiger partial charge in [-0.05, 0) is 0 Å². The summed E-state index contributed by atoms with van der Waals surface area (Å²) < 4.78 is 14.0. The van der Waals surface area contributed by atoms with Gasteiger partial charge in [-0.25, -0.2) is 0 Å². The molecule has 2 aliphatic rings. The molecule has 2 nitrogen and oxygen atoms in total. The summed E-state index contributed by atoms with van der Waals surface area (Å²) in [5.41, 5.74) is 24.6. The Kier molecular flexibility index (Phi) is 14.2. The van der Waals surface area contributed by atoms with Crippen molar-refractivity contribution in [1.29, 1.82) is 0 Å². The minimum Gasteiger partial charge on any atom is -0.147 e. The molecule has 0 aliphatic heterocycles. The van der Waals surface area contributed by atoms with Crippen LogP contribution in [0.5, 0.6) is 0 Å². The molecule has 0 saturated carbocycles. The second kappa shape index (κ2) is 18.5. The molecule has 2 aliphatic carbocycles. The van der Waals surface area contributed by atoms with Crippen molar-refractivity contribution in [3.8, 4) is 22.3 Å². The molecule has 2 aromatic heterocycles. The van der Waals surface area contributed by atoms with Gasteiger partial charge in [0, 0.05) is 0 Å². The van der Waals surface area contributed by atoms with Crippen LogP contribution in [0.15, 0.2) is 81.6 Å². The predicted octanol–water partition coefficient (Wildman–Crippen LogP) is 15.9. The first-order valence-corrected chi connectivity index (χ1v) is 30.7. The van der Waals surface area contributed by atoms with Gasteiger partial charge in [-0.1, -0.05) is 0 Å². The van der Waals surface area contributed by atoms with Gasteiger partial charge < -0.3 is 0 Å². The monoisotopic (exact) mass is 930 g/mol. The molecule has 0 amide bonds. The fraction of sp³-hybridized carbons (Fsp3) is 0.333. The van der Waals surface area contributed by atoms with Crippen molar-refractivity contribution in [3.63, 3.8) is 0 Å². The predicted molar refractivity (Wildman–Crippen MR) is 260 cm³/mol. The van der Waals surface area contributed by atoms with Crippen LogP contribution >= 0.6 is 24.8 Å². The molecule has 0 saturated heterocycles. The first-order valence-electron chi connectivity index (χ1n) is 21.6. The number of hydrogen-bond acceptors (Lipinski definition) is 2. The Morgan fingerprint density at radius 2 is 0.850 bits per heavy atom. The van der Waals surface area contributed by atoms with E-state index in [0.29, 0.717) is 7.25 Å². The fourth-order valence-corrected chi connectivity index (χ4v) is 29.7. The number of halogens is 2. The normalized spacial score (nSPS) is 15.2. The van der Waals surface area contributed by atoms with Crippen LogP contribution < -0.4 is 0 Å². The SMILES string of the molecule is CCc1cc(CC)cc(-c2c(C)c(C)cc3c2C=C(c2ccc(C)o2)[CH]3[Zr]([CH]2C(c3ccc(C)o3)=Cc3c2cc(C)c(C)c3-c2cc(CC)cc(CC)c2)=[Si](C)C)c1.Cl.Cl. The van der Waals surface area contributed by atoms with E-state index in [1.807, 2.05) is 0 Å². The Balaban J connectivity index is 0.00000302. The molecule has 0 bridgehead atoms. The van der Waals surface area contributed by atoms with Crippen LogP contribution in [-0.2, 0) is 46.1 Å². The van der Waals surface area contributed by atoms with E-state index < -0.39 is 25.8 Å². The maximum atomic E-state index is 6.68. The molecule has 60 heavy (non-hydrogen) atoms. The summed E-state index contributed by atoms with van der Waals surface area (Å²) in [5, 5.41) is 0. The summed E-state index contributed by atoms with van der Waals surface area (Å²) in [6, 6.07) is 28.6. The van der Waals surface area contributed by atoms with Crippen LogP contribution in [0.25, 0.3) is 45.6 Å². The second-order valence-electron chi connectivity index (χ2n) is 17.2. The van der Waals surface area contributed by atoms with Crippen molar-refractivity contribution in [2.24, 2.45) is 0 Å². The number of aryl methyl sites for hydroxylation is 8. The Hall–Kier alpha value is -3.40. The summed E-state index contributed by atoms with van der Waals surface area (Å²) in [6.07, 6.45) is 9.27. The minimum absolute atomic E-state index is 0. The third-order valence-corrected chi connectivity index (χ3v) is 32.4. The first kappa shape index (κ1) is 46.1. The Morgan fingerprint density at radius 1 is 0.500 bits per heavy atom. The molecule has 6 heteroatoms. The molecule has 0 spiro atoms. The van der Waals surface area contributed by atoms with Crippen molar-refractivity contribution in [2.45, 2.75) is 115 Å². The number of allylic oxidation sites excluding steroid dienone is 2. The average molecular weight is 933 g/mol. The van der Waals surface area contributed by atoms with E-state index in [-0.39, 0.29) is 24.8 Å². The van der Waals surface area contributed by atoms with E-state index in [2.05, 4.69) is 167 Å². The molecule has 2 atom stereocenters. The topological polar surface area (TPSA) is 26.3 Å². The van der Waals surface area contributed by atoms with E-state index in [1.165, 1.54) is 100 Å². The van der Waals surface area contributed by atoms with Gasteiger partial charge in [0.05, 0.1) is 0 Å². The largest absolute Gasteiger partial charge is 0.147 e. The van der Waals surface area contributed by atoms with Crippen LogP contribution in [0.4, 0.5) is 0 Å². The zero-order valence-electron chi connectivity index (χ0n) is 37.7. The van der Waals surface area contributed by atoms with Crippen molar-refractivity contribution in [2.75, 3.05) is 0 Å². The van der Waals surface area contributed by atoms with E-state index in [4.69, 9.17) is 8.83 Å². The molecule has 2 unspecified atom stereocenters. The van der Waals surface area contributed by atoms with Gasteiger partial charge in [0.1, 0.15) is 0 Å². The molecular formula is C54H62Cl2O2SiZr. The summed E-state index contributed by atoms with van der Waals surface area (Å²) >= 11 is -2.73. The fourth-order valence-electron chi connectivity index (χ4n) is 9.92. The zero-order valence-corrected chi connectivity index (χ0v) is 42.8. The third-order valence-electron chi connectivity index (χ3n) is 13.2. The van der Waals surface area contributed by atoms with Gasteiger partial charge in [-0.3, -0.25) is 0 Å². The number of rotatable bonds is 10. The minimum atomic E-state index is -2.73. The van der Waals surface area contributed by atoms with Crippen LogP contribution in [0.2, 0.25) is 13.1 Å². The van der Waals surface area contributed by atoms with E-state index >= 15 is 0 Å². The van der Waals surface area contributed by atoms with Gasteiger partial charge in [-0.2, -0.15) is 0 Å². The average Bonchev–Trinajstić information content (AvgIpc) is 4.01. The van der Waals surface area contributed by atoms with Crippen molar-refractivity contribution in [1.82, 2.24) is 0 Å². The number of hydrogen-bond donors (Lipinski definition) is 0. The van der Waals surface area contributed by atoms with Crippen LogP contribution in [0.3, 0.4) is 0 Å². The Morgan fingerprint density at radius 3 is 1.13 bits per heavy atom. The smallest absolute Gasteiger partial charge is 0.147 e. The number of furan rings is 2. The molecule has 0 fully saturated rings. The number of benzene rings is 4. The molecule has 0 N–H and O–H groups in total. The van der Waals surface area contributed by atoms with E-state index in [1.54, 1.807) is 0 Å².